The van der Waals surface area contributed by atoms with E-state index in [-0.39, 0.29) is 44.5 Å². The molecule has 0 amide bonds. The number of hydrogen-bond acceptors (Lipinski definition) is 22. The van der Waals surface area contributed by atoms with Crippen LogP contribution in [0.4, 0.5) is 0 Å². The van der Waals surface area contributed by atoms with Crippen LogP contribution in [0.15, 0.2) is 194 Å². The number of nitrogens with zero attached hydrogens (tertiary/aromatic N) is 14. The van der Waals surface area contributed by atoms with E-state index in [4.69, 9.17) is 67.8 Å². The third-order valence-corrected chi connectivity index (χ3v) is 32.1. The number of benzene rings is 16. The van der Waals surface area contributed by atoms with Gasteiger partial charge in [-0.2, -0.15) is 42.1 Å². The van der Waals surface area contributed by atoms with Crippen LogP contribution in [0.25, 0.3) is 131 Å². The van der Waals surface area contributed by atoms with Crippen LogP contribution in [0.2, 0.25) is 0 Å². The van der Waals surface area contributed by atoms with E-state index < -0.39 is 47.3 Å². The van der Waals surface area contributed by atoms with Crippen molar-refractivity contribution in [3.05, 3.63) is 373 Å². The second-order valence-electron chi connectivity index (χ2n) is 38.3. The van der Waals surface area contributed by atoms with Gasteiger partial charge in [-0.05, 0) is 369 Å². The number of fused-ring (bicyclic) bond motifs is 16. The minimum absolute atomic E-state index is 0.231. The summed E-state index contributed by atoms with van der Waals surface area (Å²) in [4.78, 5) is 45.5. The lowest BCUT2D eigenvalue weighted by Crippen LogP contribution is -2.27. The first-order valence-electron chi connectivity index (χ1n) is 46.8. The molecule has 16 bridgehead atoms. The van der Waals surface area contributed by atoms with E-state index in [0.717, 1.165) is 220 Å². The maximum atomic E-state index is 10.9. The summed E-state index contributed by atoms with van der Waals surface area (Å²) in [6, 6.07) is 84.2. The SMILES string of the molecule is COc1cc2cc3c(cc2cc1OC)C1C2=C(c4nc2nc2[nH]c(nc5nc(nc6[nH]c(n4)c4c6C6c7cc8cc(C#N)c(C#N)cc8cc7C4c4cc7cc(OC)c(OC)cc7cc46)C4=C5C5c6cc7cc(C#N)c(C#N)cc7cc6C4c4cc6cc(OC)c(OC)cc6cc45)c4c2C2c5cc6cc(C#N)c(C#N)cc6cc5C4c4cc5cc(OC)c(OC)cc5cc42)C3c2cc3cc(C#N)c(C#N)cc3cc21. The van der Waals surface area contributed by atoms with Crippen molar-refractivity contribution in [3.8, 4) is 94.5 Å². The molecular formula is C120H66N16O8. The summed E-state index contributed by atoms with van der Waals surface area (Å²) in [5.41, 5.74) is 24.8. The van der Waals surface area contributed by atoms with Gasteiger partial charge in [-0.15, -0.1) is 0 Å². The second-order valence-corrected chi connectivity index (χ2v) is 38.3. The molecule has 2 N–H and O–H groups in total. The molecule has 14 aliphatic rings. The van der Waals surface area contributed by atoms with Crippen molar-refractivity contribution in [1.82, 2.24) is 39.9 Å². The summed E-state index contributed by atoms with van der Waals surface area (Å²) < 4.78 is 48.8. The highest BCUT2D eigenvalue weighted by atomic mass is 16.5. The Bertz CT molecular complexity index is 9120. The van der Waals surface area contributed by atoms with E-state index in [2.05, 4.69) is 156 Å². The van der Waals surface area contributed by atoms with Crippen LogP contribution in [0.3, 0.4) is 0 Å². The molecule has 0 fully saturated rings. The largest absolute Gasteiger partial charge is 0.493 e. The van der Waals surface area contributed by atoms with Crippen molar-refractivity contribution in [1.29, 1.82) is 42.1 Å². The van der Waals surface area contributed by atoms with Gasteiger partial charge in [0.2, 0.25) is 0 Å². The Kier molecular flexibility index (Phi) is 16.4. The minimum Gasteiger partial charge on any atom is -0.493 e. The Hall–Kier alpha value is -19.8. The maximum absolute atomic E-state index is 10.9. The van der Waals surface area contributed by atoms with E-state index in [9.17, 15) is 42.1 Å². The molecule has 0 saturated heterocycles. The van der Waals surface area contributed by atoms with Gasteiger partial charge >= 0.3 is 0 Å². The third-order valence-electron chi connectivity index (χ3n) is 32.1. The topological polar surface area (TPSA) is 373 Å². The molecule has 2 aliphatic heterocycles. The standard InChI is InChI=1S/C120H66N16O8/c1-137-89-33-57-25-81-82(26-58(57)34-90(89)138-2)98-74-18-50-10-66(42-122)65(41-121)9-49(50)17-73(74)97(81)105-106(98)114-129-113(105)133-115-107-99-75-19-51-11-67(43-123)68(44-124)12-52(51)20-76(75)100(84-28-60-36-92(140-4)91(139-3)35-59(60)27-83(84)99)108(107)117(130-115)135-119-111-103-79-23-55-15-71(47-127)72(48-128)16-56(55)24-80(79)104(88-32-64-40-96(144-8)95(143-7)39-63(64)31-87(88)103)112(111)120(132-119)136-118-110-102-78-22-54-14-70(46-126)69(45-125)13-53(54)21-77(78)101(109(110)116(131-118)134-114)85-29-61-37-93(141-5)94(142-6)38-62(61)30-86(85)102/h9-40,97-104H,1-8H3,(H2,129,130,131,132,133,134,135,136). The lowest BCUT2D eigenvalue weighted by molar-refractivity contribution is 0.356. The van der Waals surface area contributed by atoms with Gasteiger partial charge in [0.15, 0.2) is 69.3 Å². The average molecular weight is 1860 g/mol. The number of hydrogen-bond donors (Lipinski definition) is 2. The Morgan fingerprint density at radius 1 is 0.174 bits per heavy atom. The van der Waals surface area contributed by atoms with Crippen LogP contribution >= 0.6 is 0 Å². The molecule has 5 heterocycles. The van der Waals surface area contributed by atoms with Gasteiger partial charge in [0.1, 0.15) is 71.1 Å². The van der Waals surface area contributed by atoms with Crippen LogP contribution in [-0.4, -0.2) is 96.8 Å². The first-order chi connectivity index (χ1) is 70.5. The zero-order valence-corrected chi connectivity index (χ0v) is 77.6. The molecule has 12 aliphatic carbocycles. The predicted molar refractivity (Wildman–Crippen MR) is 539 cm³/mol. The fourth-order valence-corrected chi connectivity index (χ4v) is 26.1. The van der Waals surface area contributed by atoms with Crippen molar-refractivity contribution >= 4 is 131 Å². The lowest BCUT2D eigenvalue weighted by Gasteiger charge is -2.42. The van der Waals surface area contributed by atoms with Crippen molar-refractivity contribution in [2.45, 2.75) is 47.3 Å². The summed E-state index contributed by atoms with van der Waals surface area (Å²) in [5, 5.41) is 99.8. The monoisotopic (exact) mass is 1860 g/mol. The molecule has 0 radical (unpaired) electrons. The first-order valence-corrected chi connectivity index (χ1v) is 46.8. The van der Waals surface area contributed by atoms with Gasteiger partial charge in [-0.25, -0.2) is 29.9 Å². The number of nitriles is 8. The van der Waals surface area contributed by atoms with E-state index >= 15 is 0 Å². The van der Waals surface area contributed by atoms with E-state index in [1.54, 1.807) is 105 Å². The summed E-state index contributed by atoms with van der Waals surface area (Å²) in [6.07, 6.45) is 0. The van der Waals surface area contributed by atoms with E-state index in [0.29, 0.717) is 91.9 Å². The molecular weight excluding hydrogens is 1790 g/mol. The van der Waals surface area contributed by atoms with Gasteiger partial charge in [-0.1, -0.05) is 0 Å². The van der Waals surface area contributed by atoms with E-state index in [1.165, 1.54) is 0 Å². The zero-order chi connectivity index (χ0) is 97.2. The highest BCUT2D eigenvalue weighted by molar-refractivity contribution is 6.11. The lowest BCUT2D eigenvalue weighted by atomic mass is 9.60. The summed E-state index contributed by atoms with van der Waals surface area (Å²) >= 11 is 0. The maximum Gasteiger partial charge on any atom is 0.161 e. The normalized spacial score (nSPS) is 17.6. The molecule has 674 valence electrons. The Morgan fingerprint density at radius 2 is 0.299 bits per heavy atom. The second kappa shape index (κ2) is 28.9. The number of nitrogens with one attached hydrogen (secondary N) is 2. The predicted octanol–water partition coefficient (Wildman–Crippen LogP) is 22.5. The summed E-state index contributed by atoms with van der Waals surface area (Å²) in [7, 11) is 13.0. The smallest absolute Gasteiger partial charge is 0.161 e. The van der Waals surface area contributed by atoms with Crippen molar-refractivity contribution in [2.75, 3.05) is 56.9 Å². The highest BCUT2D eigenvalue weighted by Gasteiger charge is 2.54. The molecule has 0 spiro atoms. The molecule has 8 atom stereocenters. The Morgan fingerprint density at radius 3 is 0.424 bits per heavy atom. The molecule has 16 aromatic carbocycles. The van der Waals surface area contributed by atoms with Gasteiger partial charge in [0.05, 0.1) is 101 Å². The first kappa shape index (κ1) is 81.4. The molecule has 33 rings (SSSR count). The molecule has 144 heavy (non-hydrogen) atoms. The van der Waals surface area contributed by atoms with Crippen LogP contribution in [0.5, 0.6) is 46.0 Å². The van der Waals surface area contributed by atoms with Crippen LogP contribution in [0, 0.1) is 90.6 Å². The molecule has 8 unspecified atom stereocenters. The Balaban J connectivity index is 0.805. The van der Waals surface area contributed by atoms with Crippen LogP contribution in [-0.2, 0) is 0 Å². The minimum atomic E-state index is -0.674. The van der Waals surface area contributed by atoms with Gasteiger partial charge in [0, 0.05) is 91.9 Å². The number of ether oxygens (including phenoxy) is 8. The quantitative estimate of drug-likeness (QED) is 0.143. The zero-order valence-electron chi connectivity index (χ0n) is 77.6. The van der Waals surface area contributed by atoms with Gasteiger partial charge in [-0.3, -0.25) is 0 Å². The van der Waals surface area contributed by atoms with Gasteiger partial charge in [0.25, 0.3) is 0 Å². The number of rotatable bonds is 8. The highest BCUT2D eigenvalue weighted by Crippen LogP contribution is 2.69. The molecule has 0 saturated carbocycles. The van der Waals surface area contributed by atoms with Crippen LogP contribution in [0.1, 0.15) is 226 Å². The molecule has 24 heteroatoms. The fourth-order valence-electron chi connectivity index (χ4n) is 26.1. The van der Waals surface area contributed by atoms with Crippen molar-refractivity contribution in [2.24, 2.45) is 0 Å². The van der Waals surface area contributed by atoms with Crippen molar-refractivity contribution in [3.63, 3.8) is 0 Å². The fraction of sp³-hybridized carbons (Fsp3) is 0.133. The number of aromatic amines is 2. The number of aromatic nitrogens is 8. The molecule has 24 nitrogen and oxygen atoms in total. The summed E-state index contributed by atoms with van der Waals surface area (Å²) in [6.45, 7) is 0. The van der Waals surface area contributed by atoms with E-state index in [1.807, 2.05) is 48.5 Å². The number of methoxy groups -OCH3 is 8. The average Bonchev–Trinajstić information content (AvgIpc) is 1.46. The van der Waals surface area contributed by atoms with Crippen molar-refractivity contribution < 1.29 is 37.9 Å². The number of allylic oxidation sites excluding steroid dienone is 4. The number of H-pyrrole nitrogens is 2. The summed E-state index contributed by atoms with van der Waals surface area (Å²) in [5.74, 6) is 0.267. The molecule has 19 aromatic rings. The van der Waals surface area contributed by atoms with Gasteiger partial charge < -0.3 is 47.9 Å². The Labute approximate surface area is 817 Å². The molecule has 3 aromatic heterocycles. The van der Waals surface area contributed by atoms with Crippen LogP contribution < -0.4 is 37.9 Å². The third kappa shape index (κ3) is 10.6.